The zero-order chi connectivity index (χ0) is 15.4. The van der Waals surface area contributed by atoms with Crippen molar-refractivity contribution in [2.75, 3.05) is 13.3 Å². The molecule has 0 aliphatic carbocycles. The monoisotopic (exact) mass is 301 g/mol. The molecule has 0 spiro atoms. The van der Waals surface area contributed by atoms with Gasteiger partial charge in [-0.2, -0.15) is 0 Å². The van der Waals surface area contributed by atoms with E-state index in [0.717, 1.165) is 36.8 Å². The van der Waals surface area contributed by atoms with Gasteiger partial charge in [0.05, 0.1) is 6.26 Å². The Labute approximate surface area is 131 Å². The number of benzene rings is 1. The molecule has 0 radical (unpaired) electrons. The van der Waals surface area contributed by atoms with Crippen molar-refractivity contribution in [1.82, 2.24) is 5.32 Å². The molecular weight excluding hydrogens is 278 g/mol. The minimum absolute atomic E-state index is 0.325. The molecule has 2 heterocycles. The Kier molecular flexibility index (Phi) is 4.68. The van der Waals surface area contributed by atoms with E-state index in [4.69, 9.17) is 13.9 Å². The largest absolute Gasteiger partial charge is 0.469 e. The Morgan fingerprint density at radius 3 is 2.77 bits per heavy atom. The highest BCUT2D eigenvalue weighted by Gasteiger charge is 2.18. The van der Waals surface area contributed by atoms with Crippen LogP contribution in [0.4, 0.5) is 0 Å². The molecule has 1 aromatic heterocycles. The van der Waals surface area contributed by atoms with Crippen molar-refractivity contribution in [2.24, 2.45) is 5.92 Å². The Balaban J connectivity index is 1.48. The molecule has 4 heteroatoms. The average molecular weight is 301 g/mol. The lowest BCUT2D eigenvalue weighted by atomic mass is 9.90. The van der Waals surface area contributed by atoms with Gasteiger partial charge in [-0.3, -0.25) is 0 Å². The Bertz CT molecular complexity index is 592. The van der Waals surface area contributed by atoms with E-state index in [1.807, 2.05) is 18.2 Å². The standard InChI is InChI=1S/C18H23NO3/c1-13(2)15(16-4-3-9-20-16)7-8-19-11-14-5-6-17-18(10-14)22-12-21-17/h3-6,9-10,13,15,19H,7-8,11-12H2,1-2H3/t15-/m1/s1. The summed E-state index contributed by atoms with van der Waals surface area (Å²) in [5.41, 5.74) is 1.21. The maximum Gasteiger partial charge on any atom is 0.231 e. The van der Waals surface area contributed by atoms with Crippen LogP contribution in [0.25, 0.3) is 0 Å². The van der Waals surface area contributed by atoms with Crippen LogP contribution in [-0.4, -0.2) is 13.3 Å². The van der Waals surface area contributed by atoms with E-state index in [1.165, 1.54) is 5.56 Å². The van der Waals surface area contributed by atoms with E-state index in [0.29, 0.717) is 18.6 Å². The van der Waals surface area contributed by atoms with Gasteiger partial charge in [-0.25, -0.2) is 0 Å². The normalized spacial score (nSPS) is 14.5. The zero-order valence-electron chi connectivity index (χ0n) is 13.2. The Hall–Kier alpha value is -1.94. The maximum absolute atomic E-state index is 5.56. The first-order valence-corrected chi connectivity index (χ1v) is 7.86. The lowest BCUT2D eigenvalue weighted by molar-refractivity contribution is 0.174. The summed E-state index contributed by atoms with van der Waals surface area (Å²) >= 11 is 0. The summed E-state index contributed by atoms with van der Waals surface area (Å²) in [6.45, 7) is 6.60. The second-order valence-corrected chi connectivity index (χ2v) is 6.02. The highest BCUT2D eigenvalue weighted by atomic mass is 16.7. The van der Waals surface area contributed by atoms with E-state index >= 15 is 0 Å². The molecule has 22 heavy (non-hydrogen) atoms. The second-order valence-electron chi connectivity index (χ2n) is 6.02. The molecule has 0 saturated carbocycles. The van der Waals surface area contributed by atoms with E-state index < -0.39 is 0 Å². The van der Waals surface area contributed by atoms with Crippen LogP contribution in [-0.2, 0) is 6.54 Å². The summed E-state index contributed by atoms with van der Waals surface area (Å²) in [6, 6.07) is 10.1. The first-order chi connectivity index (χ1) is 10.7. The van der Waals surface area contributed by atoms with Crippen molar-refractivity contribution in [3.63, 3.8) is 0 Å². The minimum atomic E-state index is 0.325. The number of furan rings is 1. The fourth-order valence-corrected chi connectivity index (χ4v) is 2.85. The fraction of sp³-hybridized carbons (Fsp3) is 0.444. The van der Waals surface area contributed by atoms with Crippen LogP contribution in [0, 0.1) is 5.92 Å². The SMILES string of the molecule is CC(C)[C@@H](CCNCc1ccc2c(c1)OCO2)c1ccco1. The summed E-state index contributed by atoms with van der Waals surface area (Å²) in [6.07, 6.45) is 2.82. The molecule has 3 rings (SSSR count). The number of nitrogens with one attached hydrogen (secondary N) is 1. The van der Waals surface area contributed by atoms with Crippen LogP contribution in [0.3, 0.4) is 0 Å². The smallest absolute Gasteiger partial charge is 0.231 e. The average Bonchev–Trinajstić information content (AvgIpc) is 3.17. The molecule has 0 saturated heterocycles. The predicted molar refractivity (Wildman–Crippen MR) is 85.2 cm³/mol. The molecule has 1 aliphatic heterocycles. The van der Waals surface area contributed by atoms with Crippen molar-refractivity contribution in [3.8, 4) is 11.5 Å². The molecule has 1 aromatic carbocycles. The first-order valence-electron chi connectivity index (χ1n) is 7.86. The molecular formula is C18H23NO3. The lowest BCUT2D eigenvalue weighted by Gasteiger charge is -2.18. The van der Waals surface area contributed by atoms with Gasteiger partial charge in [0.25, 0.3) is 0 Å². The second kappa shape index (κ2) is 6.88. The third-order valence-corrected chi connectivity index (χ3v) is 4.11. The van der Waals surface area contributed by atoms with Crippen LogP contribution >= 0.6 is 0 Å². The Morgan fingerprint density at radius 2 is 2.00 bits per heavy atom. The lowest BCUT2D eigenvalue weighted by Crippen LogP contribution is -2.19. The number of ether oxygens (including phenoxy) is 2. The third kappa shape index (κ3) is 3.45. The van der Waals surface area contributed by atoms with E-state index in [1.54, 1.807) is 6.26 Å². The van der Waals surface area contributed by atoms with Crippen LogP contribution < -0.4 is 14.8 Å². The summed E-state index contributed by atoms with van der Waals surface area (Å²) in [5.74, 6) is 3.79. The first kappa shape index (κ1) is 15.0. The zero-order valence-corrected chi connectivity index (χ0v) is 13.2. The van der Waals surface area contributed by atoms with Crippen LogP contribution in [0.5, 0.6) is 11.5 Å². The number of fused-ring (bicyclic) bond motifs is 1. The molecule has 1 aliphatic rings. The van der Waals surface area contributed by atoms with Crippen LogP contribution in [0.1, 0.15) is 37.5 Å². The van der Waals surface area contributed by atoms with Crippen LogP contribution in [0.2, 0.25) is 0 Å². The van der Waals surface area contributed by atoms with E-state index in [-0.39, 0.29) is 0 Å². The van der Waals surface area contributed by atoms with Crippen molar-refractivity contribution in [3.05, 3.63) is 47.9 Å². The molecule has 0 unspecified atom stereocenters. The molecule has 1 N–H and O–H groups in total. The van der Waals surface area contributed by atoms with Crippen molar-refractivity contribution in [2.45, 2.75) is 32.7 Å². The predicted octanol–water partition coefficient (Wildman–Crippen LogP) is 3.93. The van der Waals surface area contributed by atoms with Gasteiger partial charge >= 0.3 is 0 Å². The summed E-state index contributed by atoms with van der Waals surface area (Å²) in [7, 11) is 0. The van der Waals surface area contributed by atoms with Gasteiger partial charge in [0, 0.05) is 12.5 Å². The molecule has 0 bridgehead atoms. The summed E-state index contributed by atoms with van der Waals surface area (Å²) < 4.78 is 16.3. The van der Waals surface area contributed by atoms with Crippen molar-refractivity contribution < 1.29 is 13.9 Å². The highest BCUT2D eigenvalue weighted by Crippen LogP contribution is 2.32. The van der Waals surface area contributed by atoms with Gasteiger partial charge in [0.15, 0.2) is 11.5 Å². The molecule has 2 aromatic rings. The van der Waals surface area contributed by atoms with Gasteiger partial charge in [-0.1, -0.05) is 19.9 Å². The number of hydrogen-bond acceptors (Lipinski definition) is 4. The van der Waals surface area contributed by atoms with Gasteiger partial charge in [-0.05, 0) is 48.7 Å². The van der Waals surface area contributed by atoms with Gasteiger partial charge in [-0.15, -0.1) is 0 Å². The fourth-order valence-electron chi connectivity index (χ4n) is 2.85. The molecule has 0 amide bonds. The number of hydrogen-bond donors (Lipinski definition) is 1. The van der Waals surface area contributed by atoms with Gasteiger partial charge in [0.1, 0.15) is 5.76 Å². The molecule has 4 nitrogen and oxygen atoms in total. The van der Waals surface area contributed by atoms with Crippen molar-refractivity contribution >= 4 is 0 Å². The molecule has 1 atom stereocenters. The van der Waals surface area contributed by atoms with Crippen LogP contribution in [0.15, 0.2) is 41.0 Å². The summed E-state index contributed by atoms with van der Waals surface area (Å²) in [5, 5.41) is 3.50. The van der Waals surface area contributed by atoms with Gasteiger partial charge in [0.2, 0.25) is 6.79 Å². The summed E-state index contributed by atoms with van der Waals surface area (Å²) in [4.78, 5) is 0. The third-order valence-electron chi connectivity index (χ3n) is 4.11. The quantitative estimate of drug-likeness (QED) is 0.787. The van der Waals surface area contributed by atoms with E-state index in [9.17, 15) is 0 Å². The molecule has 0 fully saturated rings. The maximum atomic E-state index is 5.56. The van der Waals surface area contributed by atoms with E-state index in [2.05, 4.69) is 31.3 Å². The number of rotatable bonds is 7. The Morgan fingerprint density at radius 1 is 1.14 bits per heavy atom. The molecule has 118 valence electrons. The van der Waals surface area contributed by atoms with Crippen molar-refractivity contribution in [1.29, 1.82) is 0 Å². The minimum Gasteiger partial charge on any atom is -0.469 e. The topological polar surface area (TPSA) is 43.6 Å². The van der Waals surface area contributed by atoms with Gasteiger partial charge < -0.3 is 19.2 Å². The highest BCUT2D eigenvalue weighted by molar-refractivity contribution is 5.44.